The number of aromatic nitrogens is 2. The highest BCUT2D eigenvalue weighted by molar-refractivity contribution is 5.08. The Bertz CT molecular complexity index is 385. The van der Waals surface area contributed by atoms with Crippen LogP contribution >= 0.6 is 0 Å². The number of hydrazine groups is 1. The van der Waals surface area contributed by atoms with Crippen LogP contribution in [0.25, 0.3) is 0 Å². The Morgan fingerprint density at radius 2 is 2.21 bits per heavy atom. The zero-order valence-electron chi connectivity index (χ0n) is 12.1. The topological polar surface area (TPSA) is 65.1 Å². The van der Waals surface area contributed by atoms with Gasteiger partial charge in [0.05, 0.1) is 5.60 Å². The van der Waals surface area contributed by atoms with Crippen molar-refractivity contribution in [2.24, 2.45) is 5.84 Å². The molecule has 0 aromatic carbocycles. The van der Waals surface area contributed by atoms with Crippen LogP contribution in [-0.4, -0.2) is 22.3 Å². The average molecular weight is 266 g/mol. The molecular formula is C14H26N4O. The minimum Gasteiger partial charge on any atom is -0.376 e. The van der Waals surface area contributed by atoms with E-state index in [0.717, 1.165) is 31.6 Å². The van der Waals surface area contributed by atoms with Crippen molar-refractivity contribution in [3.63, 3.8) is 0 Å². The number of nitrogens with one attached hydrogen (secondary N) is 1. The lowest BCUT2D eigenvalue weighted by molar-refractivity contribution is -0.0716. The van der Waals surface area contributed by atoms with Crippen molar-refractivity contribution in [2.45, 2.75) is 63.6 Å². The van der Waals surface area contributed by atoms with E-state index in [4.69, 9.17) is 10.6 Å². The standard InChI is InChI=1S/C14H26N4O/c1-3-10-18-11-9-16-13(18)12(17-15)14(19-2)7-5-4-6-8-14/h9,11-12,17H,3-8,10,15H2,1-2H3. The number of ether oxygens (including phenoxy) is 1. The van der Waals surface area contributed by atoms with E-state index in [9.17, 15) is 0 Å². The molecule has 2 rings (SSSR count). The van der Waals surface area contributed by atoms with Gasteiger partial charge in [-0.2, -0.15) is 0 Å². The molecule has 1 aromatic rings. The number of imidazole rings is 1. The van der Waals surface area contributed by atoms with Gasteiger partial charge < -0.3 is 9.30 Å². The summed E-state index contributed by atoms with van der Waals surface area (Å²) >= 11 is 0. The second kappa shape index (κ2) is 6.50. The molecule has 0 saturated heterocycles. The van der Waals surface area contributed by atoms with Gasteiger partial charge in [0.25, 0.3) is 0 Å². The summed E-state index contributed by atoms with van der Waals surface area (Å²) in [4.78, 5) is 4.51. The lowest BCUT2D eigenvalue weighted by Gasteiger charge is -2.41. The molecule has 19 heavy (non-hydrogen) atoms. The van der Waals surface area contributed by atoms with Gasteiger partial charge in [0.1, 0.15) is 11.9 Å². The molecule has 1 atom stereocenters. The van der Waals surface area contributed by atoms with Gasteiger partial charge in [-0.15, -0.1) is 0 Å². The summed E-state index contributed by atoms with van der Waals surface area (Å²) in [5, 5.41) is 0. The predicted octanol–water partition coefficient (Wildman–Crippen LogP) is 2.15. The highest BCUT2D eigenvalue weighted by atomic mass is 16.5. The normalized spacial score (nSPS) is 20.4. The zero-order valence-corrected chi connectivity index (χ0v) is 12.1. The third-order valence-corrected chi connectivity index (χ3v) is 4.27. The van der Waals surface area contributed by atoms with Gasteiger partial charge in [0.15, 0.2) is 0 Å². The van der Waals surface area contributed by atoms with Crippen molar-refractivity contribution in [2.75, 3.05) is 7.11 Å². The van der Waals surface area contributed by atoms with Gasteiger partial charge >= 0.3 is 0 Å². The maximum Gasteiger partial charge on any atom is 0.130 e. The van der Waals surface area contributed by atoms with Crippen molar-refractivity contribution >= 4 is 0 Å². The monoisotopic (exact) mass is 266 g/mol. The summed E-state index contributed by atoms with van der Waals surface area (Å²) in [5.41, 5.74) is 2.74. The van der Waals surface area contributed by atoms with E-state index in [0.29, 0.717) is 0 Å². The molecule has 1 aromatic heterocycles. The molecule has 0 aliphatic heterocycles. The van der Waals surface area contributed by atoms with Gasteiger partial charge in [-0.3, -0.25) is 5.84 Å². The third-order valence-electron chi connectivity index (χ3n) is 4.27. The maximum absolute atomic E-state index is 5.89. The van der Waals surface area contributed by atoms with E-state index in [2.05, 4.69) is 21.9 Å². The summed E-state index contributed by atoms with van der Waals surface area (Å²) in [6.07, 6.45) is 10.7. The van der Waals surface area contributed by atoms with Crippen molar-refractivity contribution in [3.05, 3.63) is 18.2 Å². The quantitative estimate of drug-likeness (QED) is 0.611. The first-order chi connectivity index (χ1) is 9.27. The van der Waals surface area contributed by atoms with Crippen LogP contribution in [0.3, 0.4) is 0 Å². The molecule has 5 heteroatoms. The molecule has 1 unspecified atom stereocenters. The Morgan fingerprint density at radius 1 is 1.47 bits per heavy atom. The fourth-order valence-electron chi connectivity index (χ4n) is 3.23. The van der Waals surface area contributed by atoms with Crippen molar-refractivity contribution < 1.29 is 4.74 Å². The molecule has 3 N–H and O–H groups in total. The van der Waals surface area contributed by atoms with E-state index >= 15 is 0 Å². The molecule has 5 nitrogen and oxygen atoms in total. The minimum absolute atomic E-state index is 0.0423. The highest BCUT2D eigenvalue weighted by Crippen LogP contribution is 2.40. The first-order valence-corrected chi connectivity index (χ1v) is 7.29. The zero-order chi connectivity index (χ0) is 13.7. The van der Waals surface area contributed by atoms with Crippen LogP contribution in [0, 0.1) is 0 Å². The average Bonchev–Trinajstić information content (AvgIpc) is 2.89. The van der Waals surface area contributed by atoms with Crippen molar-refractivity contribution in [3.8, 4) is 0 Å². The molecule has 1 heterocycles. The highest BCUT2D eigenvalue weighted by Gasteiger charge is 2.42. The van der Waals surface area contributed by atoms with Crippen LogP contribution in [-0.2, 0) is 11.3 Å². The Balaban J connectivity index is 2.28. The number of rotatable bonds is 6. The van der Waals surface area contributed by atoms with Crippen LogP contribution in [0.2, 0.25) is 0 Å². The number of methoxy groups -OCH3 is 1. The van der Waals surface area contributed by atoms with E-state index in [1.807, 2.05) is 12.4 Å². The fraction of sp³-hybridized carbons (Fsp3) is 0.786. The lowest BCUT2D eigenvalue weighted by atomic mass is 9.79. The van der Waals surface area contributed by atoms with Gasteiger partial charge in [0, 0.05) is 26.0 Å². The summed E-state index contributed by atoms with van der Waals surface area (Å²) in [6, 6.07) is -0.0423. The Hall–Kier alpha value is -0.910. The Kier molecular flexibility index (Phi) is 4.96. The third kappa shape index (κ3) is 2.83. The lowest BCUT2D eigenvalue weighted by Crippen LogP contribution is -2.50. The van der Waals surface area contributed by atoms with Gasteiger partial charge in [0.2, 0.25) is 0 Å². The van der Waals surface area contributed by atoms with Crippen LogP contribution in [0.15, 0.2) is 12.4 Å². The van der Waals surface area contributed by atoms with Crippen LogP contribution < -0.4 is 11.3 Å². The molecule has 1 aliphatic carbocycles. The number of hydrogen-bond donors (Lipinski definition) is 2. The second-order valence-electron chi connectivity index (χ2n) is 5.41. The second-order valence-corrected chi connectivity index (χ2v) is 5.41. The molecule has 0 radical (unpaired) electrons. The van der Waals surface area contributed by atoms with Crippen LogP contribution in [0.1, 0.15) is 57.3 Å². The van der Waals surface area contributed by atoms with E-state index in [1.165, 1.54) is 19.3 Å². The molecule has 1 saturated carbocycles. The fourth-order valence-corrected chi connectivity index (χ4v) is 3.23. The van der Waals surface area contributed by atoms with Gasteiger partial charge in [-0.05, 0) is 19.3 Å². The van der Waals surface area contributed by atoms with Crippen molar-refractivity contribution in [1.29, 1.82) is 0 Å². The van der Waals surface area contributed by atoms with E-state index in [1.54, 1.807) is 7.11 Å². The molecule has 1 aliphatic rings. The molecule has 0 amide bonds. The first kappa shape index (κ1) is 14.5. The Labute approximate surface area is 115 Å². The molecule has 108 valence electrons. The molecular weight excluding hydrogens is 240 g/mol. The first-order valence-electron chi connectivity index (χ1n) is 7.29. The smallest absolute Gasteiger partial charge is 0.130 e. The number of aryl methyl sites for hydroxylation is 1. The number of nitrogens with zero attached hydrogens (tertiary/aromatic N) is 2. The molecule has 0 spiro atoms. The maximum atomic E-state index is 5.89. The van der Waals surface area contributed by atoms with Crippen molar-refractivity contribution in [1.82, 2.24) is 15.0 Å². The SMILES string of the molecule is CCCn1ccnc1C(NN)C1(OC)CCCCC1. The van der Waals surface area contributed by atoms with Gasteiger partial charge in [-0.25, -0.2) is 10.4 Å². The number of hydrogen-bond acceptors (Lipinski definition) is 4. The largest absolute Gasteiger partial charge is 0.376 e. The molecule has 1 fully saturated rings. The minimum atomic E-state index is -0.218. The number of nitrogens with two attached hydrogens (primary N) is 1. The van der Waals surface area contributed by atoms with E-state index < -0.39 is 0 Å². The summed E-state index contributed by atoms with van der Waals surface area (Å²) in [5.74, 6) is 6.83. The Morgan fingerprint density at radius 3 is 2.79 bits per heavy atom. The predicted molar refractivity (Wildman–Crippen MR) is 75.4 cm³/mol. The van der Waals surface area contributed by atoms with Gasteiger partial charge in [-0.1, -0.05) is 26.2 Å². The van der Waals surface area contributed by atoms with Crippen LogP contribution in [0.5, 0.6) is 0 Å². The molecule has 0 bridgehead atoms. The summed E-state index contributed by atoms with van der Waals surface area (Å²) in [6.45, 7) is 3.13. The van der Waals surface area contributed by atoms with E-state index in [-0.39, 0.29) is 11.6 Å². The summed E-state index contributed by atoms with van der Waals surface area (Å²) in [7, 11) is 1.79. The summed E-state index contributed by atoms with van der Waals surface area (Å²) < 4.78 is 8.07. The van der Waals surface area contributed by atoms with Crippen LogP contribution in [0.4, 0.5) is 0 Å².